The van der Waals surface area contributed by atoms with Crippen LogP contribution in [0.4, 0.5) is 5.69 Å². The molecule has 0 aliphatic rings. The molecule has 1 atom stereocenters. The molecule has 0 heterocycles. The van der Waals surface area contributed by atoms with Crippen LogP contribution in [0.3, 0.4) is 0 Å². The van der Waals surface area contributed by atoms with Crippen molar-refractivity contribution in [1.82, 2.24) is 0 Å². The lowest BCUT2D eigenvalue weighted by molar-refractivity contribution is 0.215. The smallest absolute Gasteiger partial charge is 0.292 e. The average molecular weight is 333 g/mol. The summed E-state index contributed by atoms with van der Waals surface area (Å²) in [5, 5.41) is 0. The Morgan fingerprint density at radius 1 is 0.913 bits per heavy atom. The molecule has 0 saturated heterocycles. The molecule has 23 heavy (non-hydrogen) atoms. The molecule has 0 N–H and O–H groups in total. The first-order chi connectivity index (χ1) is 11.1. The third-order valence-electron chi connectivity index (χ3n) is 3.52. The lowest BCUT2D eigenvalue weighted by atomic mass is 10.1. The van der Waals surface area contributed by atoms with E-state index in [2.05, 4.69) is 0 Å². The van der Waals surface area contributed by atoms with Crippen LogP contribution in [0.1, 0.15) is 32.4 Å². The van der Waals surface area contributed by atoms with E-state index < -0.39 is 7.75 Å². The van der Waals surface area contributed by atoms with Crippen molar-refractivity contribution in [2.45, 2.75) is 26.8 Å². The van der Waals surface area contributed by atoms with Gasteiger partial charge in [-0.25, -0.2) is 4.57 Å². The maximum Gasteiger partial charge on any atom is 0.435 e. The minimum absolute atomic E-state index is 0.150. The van der Waals surface area contributed by atoms with Gasteiger partial charge in [0, 0.05) is 5.69 Å². The SMILES string of the molecule is CCOP(=O)(OCC)N(c1ccccc1)C(C)c1ccccc1. The fourth-order valence-electron chi connectivity index (χ4n) is 2.52. The third kappa shape index (κ3) is 4.23. The van der Waals surface area contributed by atoms with Crippen LogP contribution in [-0.2, 0) is 13.6 Å². The van der Waals surface area contributed by atoms with Crippen LogP contribution in [0.25, 0.3) is 0 Å². The van der Waals surface area contributed by atoms with E-state index in [1.165, 1.54) is 0 Å². The Labute approximate surface area is 138 Å². The molecule has 0 aliphatic heterocycles. The van der Waals surface area contributed by atoms with Gasteiger partial charge in [0.15, 0.2) is 0 Å². The first kappa shape index (κ1) is 17.7. The topological polar surface area (TPSA) is 38.8 Å². The van der Waals surface area contributed by atoms with E-state index in [1.807, 2.05) is 81.4 Å². The zero-order valence-corrected chi connectivity index (χ0v) is 14.8. The quantitative estimate of drug-likeness (QED) is 0.603. The summed E-state index contributed by atoms with van der Waals surface area (Å²) < 4.78 is 26.3. The number of nitrogens with zero attached hydrogens (tertiary/aromatic N) is 1. The predicted octanol–water partition coefficient (Wildman–Crippen LogP) is 5.44. The normalized spacial score (nSPS) is 12.8. The summed E-state index contributed by atoms with van der Waals surface area (Å²) in [5.41, 5.74) is 1.87. The summed E-state index contributed by atoms with van der Waals surface area (Å²) in [6.07, 6.45) is 0. The lowest BCUT2D eigenvalue weighted by Gasteiger charge is -2.36. The summed E-state index contributed by atoms with van der Waals surface area (Å²) in [7, 11) is -3.44. The van der Waals surface area contributed by atoms with Gasteiger partial charge < -0.3 is 0 Å². The molecule has 2 aromatic carbocycles. The molecular weight excluding hydrogens is 309 g/mol. The van der Waals surface area contributed by atoms with Gasteiger partial charge >= 0.3 is 7.75 Å². The molecule has 0 radical (unpaired) electrons. The Hall–Kier alpha value is -1.61. The summed E-state index contributed by atoms with van der Waals surface area (Å²) in [4.78, 5) is 0. The van der Waals surface area contributed by atoms with Crippen molar-refractivity contribution in [3.8, 4) is 0 Å². The first-order valence-electron chi connectivity index (χ1n) is 7.91. The Bertz CT molecular complexity index is 623. The lowest BCUT2D eigenvalue weighted by Crippen LogP contribution is -2.26. The number of hydrogen-bond acceptors (Lipinski definition) is 3. The van der Waals surface area contributed by atoms with Crippen molar-refractivity contribution in [2.75, 3.05) is 17.9 Å². The van der Waals surface area contributed by atoms with Gasteiger partial charge in [-0.15, -0.1) is 0 Å². The summed E-state index contributed by atoms with van der Waals surface area (Å²) in [6.45, 7) is 6.29. The monoisotopic (exact) mass is 333 g/mol. The molecule has 0 spiro atoms. The molecule has 5 heteroatoms. The van der Waals surface area contributed by atoms with Gasteiger partial charge in [0.25, 0.3) is 0 Å². The number of rotatable bonds is 8. The molecule has 0 aliphatic carbocycles. The fourth-order valence-corrected chi connectivity index (χ4v) is 4.47. The van der Waals surface area contributed by atoms with Crippen LogP contribution < -0.4 is 4.67 Å². The number of benzene rings is 2. The maximum atomic E-state index is 13.4. The van der Waals surface area contributed by atoms with Crippen molar-refractivity contribution in [2.24, 2.45) is 0 Å². The summed E-state index contributed by atoms with van der Waals surface area (Å²) in [6, 6.07) is 19.4. The number of anilines is 1. The summed E-state index contributed by atoms with van der Waals surface area (Å²) in [5.74, 6) is 0. The average Bonchev–Trinajstić information content (AvgIpc) is 2.57. The van der Waals surface area contributed by atoms with Crippen molar-refractivity contribution in [3.63, 3.8) is 0 Å². The van der Waals surface area contributed by atoms with Crippen LogP contribution in [0.5, 0.6) is 0 Å². The molecule has 2 rings (SSSR count). The van der Waals surface area contributed by atoms with Crippen molar-refractivity contribution < 1.29 is 13.6 Å². The largest absolute Gasteiger partial charge is 0.435 e. The number of hydrogen-bond donors (Lipinski definition) is 0. The highest BCUT2D eigenvalue weighted by atomic mass is 31.2. The molecule has 0 saturated carbocycles. The van der Waals surface area contributed by atoms with E-state index in [-0.39, 0.29) is 6.04 Å². The van der Waals surface area contributed by atoms with Crippen LogP contribution in [0.15, 0.2) is 60.7 Å². The minimum atomic E-state index is -3.44. The predicted molar refractivity (Wildman–Crippen MR) is 94.6 cm³/mol. The van der Waals surface area contributed by atoms with E-state index in [0.717, 1.165) is 11.3 Å². The Morgan fingerprint density at radius 3 is 1.87 bits per heavy atom. The number of para-hydroxylation sites is 1. The third-order valence-corrected chi connectivity index (χ3v) is 5.79. The Balaban J connectivity index is 2.49. The van der Waals surface area contributed by atoms with Gasteiger partial charge in [-0.1, -0.05) is 48.5 Å². The zero-order chi connectivity index (χ0) is 16.7. The molecular formula is C18H24NO3P. The molecule has 124 valence electrons. The van der Waals surface area contributed by atoms with Crippen molar-refractivity contribution in [3.05, 3.63) is 66.2 Å². The molecule has 1 unspecified atom stereocenters. The van der Waals surface area contributed by atoms with E-state index in [1.54, 1.807) is 4.67 Å². The summed E-state index contributed by atoms with van der Waals surface area (Å²) >= 11 is 0. The van der Waals surface area contributed by atoms with Crippen LogP contribution in [0.2, 0.25) is 0 Å². The van der Waals surface area contributed by atoms with E-state index >= 15 is 0 Å². The minimum Gasteiger partial charge on any atom is -0.292 e. The molecule has 2 aromatic rings. The van der Waals surface area contributed by atoms with Crippen LogP contribution in [-0.4, -0.2) is 13.2 Å². The van der Waals surface area contributed by atoms with Gasteiger partial charge in [-0.3, -0.25) is 13.7 Å². The van der Waals surface area contributed by atoms with Crippen molar-refractivity contribution >= 4 is 13.4 Å². The second kappa shape index (κ2) is 8.30. The zero-order valence-electron chi connectivity index (χ0n) is 13.9. The maximum absolute atomic E-state index is 13.4. The van der Waals surface area contributed by atoms with Gasteiger partial charge in [-0.2, -0.15) is 0 Å². The second-order valence-corrected chi connectivity index (χ2v) is 6.96. The van der Waals surface area contributed by atoms with E-state index in [9.17, 15) is 4.57 Å². The van der Waals surface area contributed by atoms with E-state index in [4.69, 9.17) is 9.05 Å². The van der Waals surface area contributed by atoms with Gasteiger partial charge in [0.05, 0.1) is 19.3 Å². The Kier molecular flexibility index (Phi) is 6.40. The Morgan fingerprint density at radius 2 is 1.39 bits per heavy atom. The van der Waals surface area contributed by atoms with E-state index in [0.29, 0.717) is 13.2 Å². The fraction of sp³-hybridized carbons (Fsp3) is 0.333. The molecule has 0 fully saturated rings. The highest BCUT2D eigenvalue weighted by molar-refractivity contribution is 7.55. The van der Waals surface area contributed by atoms with Crippen LogP contribution in [0, 0.1) is 0 Å². The molecule has 0 amide bonds. The molecule has 0 aromatic heterocycles. The standard InChI is InChI=1S/C18H24NO3P/c1-4-21-23(20,22-5-2)19(18-14-10-7-11-15-18)16(3)17-12-8-6-9-13-17/h6-16H,4-5H2,1-3H3. The van der Waals surface area contributed by atoms with Crippen molar-refractivity contribution in [1.29, 1.82) is 0 Å². The van der Waals surface area contributed by atoms with Crippen LogP contribution >= 0.6 is 7.75 Å². The highest BCUT2D eigenvalue weighted by Gasteiger charge is 2.37. The first-order valence-corrected chi connectivity index (χ1v) is 9.40. The molecule has 4 nitrogen and oxygen atoms in total. The highest BCUT2D eigenvalue weighted by Crippen LogP contribution is 2.57. The van der Waals surface area contributed by atoms with Gasteiger partial charge in [0.2, 0.25) is 0 Å². The molecule has 0 bridgehead atoms. The van der Waals surface area contributed by atoms with Gasteiger partial charge in [-0.05, 0) is 38.5 Å². The second-order valence-electron chi connectivity index (χ2n) is 5.07. The van der Waals surface area contributed by atoms with Gasteiger partial charge in [0.1, 0.15) is 0 Å².